The Kier molecular flexibility index (Phi) is 3.43. The van der Waals surface area contributed by atoms with Crippen molar-refractivity contribution in [3.8, 4) is 5.75 Å². The van der Waals surface area contributed by atoms with Gasteiger partial charge in [-0.05, 0) is 60.6 Å². The first-order valence-corrected chi connectivity index (χ1v) is 11.5. The largest absolute Gasteiger partial charge is 0.497 e. The van der Waals surface area contributed by atoms with Gasteiger partial charge in [0, 0.05) is 11.3 Å². The number of carbonyl (C=O) groups excluding carboxylic acids is 1. The van der Waals surface area contributed by atoms with Crippen molar-refractivity contribution in [2.45, 2.75) is 51.5 Å². The molecule has 5 rings (SSSR count). The highest BCUT2D eigenvalue weighted by atomic mass is 32.2. The number of rotatable bonds is 3. The van der Waals surface area contributed by atoms with Gasteiger partial charge in [0.1, 0.15) is 5.75 Å². The Morgan fingerprint density at radius 2 is 1.89 bits per heavy atom. The number of ether oxygens (including phenoxy) is 1. The van der Waals surface area contributed by atoms with Crippen LogP contribution in [-0.4, -0.2) is 37.5 Å². The fourth-order valence-electron chi connectivity index (χ4n) is 6.43. The summed E-state index contributed by atoms with van der Waals surface area (Å²) >= 11 is 0. The summed E-state index contributed by atoms with van der Waals surface area (Å²) in [6.45, 7) is 4.43. The summed E-state index contributed by atoms with van der Waals surface area (Å²) in [5, 5.41) is 0. The van der Waals surface area contributed by atoms with E-state index < -0.39 is 10.0 Å². The van der Waals surface area contributed by atoms with Crippen LogP contribution in [0.3, 0.4) is 0 Å². The van der Waals surface area contributed by atoms with Crippen molar-refractivity contribution in [1.29, 1.82) is 0 Å². The van der Waals surface area contributed by atoms with E-state index in [0.29, 0.717) is 5.92 Å². The average molecular weight is 390 g/mol. The zero-order valence-electron chi connectivity index (χ0n) is 16.1. The first-order chi connectivity index (χ1) is 12.7. The van der Waals surface area contributed by atoms with Gasteiger partial charge in [-0.3, -0.25) is 4.79 Å². The Bertz CT molecular complexity index is 907. The van der Waals surface area contributed by atoms with Gasteiger partial charge >= 0.3 is 0 Å². The molecule has 1 saturated heterocycles. The maximum Gasteiger partial charge on any atom is 0.240 e. The fourth-order valence-corrected chi connectivity index (χ4v) is 9.01. The molecule has 2 bridgehead atoms. The predicted octanol–water partition coefficient (Wildman–Crippen LogP) is 3.17. The molecule has 4 aliphatic rings. The van der Waals surface area contributed by atoms with E-state index in [0.717, 1.165) is 37.0 Å². The molecule has 5 atom stereocenters. The van der Waals surface area contributed by atoms with Gasteiger partial charge in [-0.25, -0.2) is 12.7 Å². The van der Waals surface area contributed by atoms with E-state index >= 15 is 0 Å². The molecular weight excluding hydrogens is 362 g/mol. The molecule has 5 nitrogen and oxygen atoms in total. The highest BCUT2D eigenvalue weighted by molar-refractivity contribution is 7.90. The van der Waals surface area contributed by atoms with Crippen molar-refractivity contribution in [2.24, 2.45) is 22.7 Å². The maximum atomic E-state index is 13.3. The lowest BCUT2D eigenvalue weighted by atomic mass is 9.69. The van der Waals surface area contributed by atoms with Gasteiger partial charge in [-0.15, -0.1) is 0 Å². The van der Waals surface area contributed by atoms with Crippen molar-refractivity contribution in [3.63, 3.8) is 0 Å². The second kappa shape index (κ2) is 5.28. The van der Waals surface area contributed by atoms with Crippen molar-refractivity contribution < 1.29 is 17.9 Å². The third-order valence-corrected chi connectivity index (χ3v) is 10.2. The third kappa shape index (κ3) is 2.16. The highest BCUT2D eigenvalue weighted by Crippen LogP contribution is 2.70. The number of methoxy groups -OCH3 is 1. The minimum Gasteiger partial charge on any atom is -0.497 e. The van der Waals surface area contributed by atoms with Gasteiger partial charge in [0.15, 0.2) is 0 Å². The summed E-state index contributed by atoms with van der Waals surface area (Å²) in [4.78, 5) is 13.3. The minimum absolute atomic E-state index is 0.00129. The van der Waals surface area contributed by atoms with Crippen LogP contribution in [0, 0.1) is 22.7 Å². The summed E-state index contributed by atoms with van der Waals surface area (Å²) in [6.07, 6.45) is 3.62. The summed E-state index contributed by atoms with van der Waals surface area (Å²) < 4.78 is 32.6. The van der Waals surface area contributed by atoms with Gasteiger partial charge in [-0.2, -0.15) is 0 Å². The topological polar surface area (TPSA) is 63.7 Å². The Balaban J connectivity index is 1.41. The number of sulfonamides is 1. The number of benzene rings is 1. The molecule has 146 valence electrons. The molecule has 1 aliphatic heterocycles. The van der Waals surface area contributed by atoms with Gasteiger partial charge < -0.3 is 4.74 Å². The summed E-state index contributed by atoms with van der Waals surface area (Å²) in [6, 6.07) is 7.64. The van der Waals surface area contributed by atoms with Gasteiger partial charge in [0.05, 0.1) is 18.9 Å². The summed E-state index contributed by atoms with van der Waals surface area (Å²) in [7, 11) is -1.89. The Labute approximate surface area is 161 Å². The summed E-state index contributed by atoms with van der Waals surface area (Å²) in [5.74, 6) is 1.23. The number of amides is 1. The zero-order valence-corrected chi connectivity index (χ0v) is 17.0. The van der Waals surface area contributed by atoms with Crippen molar-refractivity contribution >= 4 is 15.9 Å². The summed E-state index contributed by atoms with van der Waals surface area (Å²) in [5.41, 5.74) is 0.851. The molecule has 0 N–H and O–H groups in total. The minimum atomic E-state index is -3.52. The zero-order chi connectivity index (χ0) is 19.2. The molecule has 0 unspecified atom stereocenters. The predicted molar refractivity (Wildman–Crippen MR) is 102 cm³/mol. The van der Waals surface area contributed by atoms with Crippen molar-refractivity contribution in [3.05, 3.63) is 29.8 Å². The van der Waals surface area contributed by atoms with Crippen LogP contribution in [0.2, 0.25) is 0 Å². The van der Waals surface area contributed by atoms with Crippen molar-refractivity contribution in [2.75, 3.05) is 12.9 Å². The van der Waals surface area contributed by atoms with Crippen LogP contribution in [0.4, 0.5) is 0 Å². The molecule has 6 heteroatoms. The van der Waals surface area contributed by atoms with E-state index in [-0.39, 0.29) is 40.4 Å². The van der Waals surface area contributed by atoms with Crippen LogP contribution >= 0.6 is 0 Å². The monoisotopic (exact) mass is 389 g/mol. The lowest BCUT2D eigenvalue weighted by Gasteiger charge is -2.37. The molecule has 3 aliphatic carbocycles. The SMILES string of the molecule is COc1ccc([C@@H]2C[C@H]2C(=O)N2[C@@H]3C[C@@H]4CC[C@@]3(CS2(=O)=O)C4(C)C)cc1. The molecule has 27 heavy (non-hydrogen) atoms. The molecular formula is C21H27NO4S. The first kappa shape index (κ1) is 17.5. The smallest absolute Gasteiger partial charge is 0.240 e. The van der Waals surface area contributed by atoms with Crippen LogP contribution in [0.5, 0.6) is 5.75 Å². The third-order valence-electron chi connectivity index (χ3n) is 8.28. The Morgan fingerprint density at radius 3 is 2.52 bits per heavy atom. The highest BCUT2D eigenvalue weighted by Gasteiger charge is 2.73. The molecule has 4 fully saturated rings. The average Bonchev–Trinajstić information content (AvgIpc) is 3.29. The van der Waals surface area contributed by atoms with E-state index in [1.807, 2.05) is 24.3 Å². The molecule has 3 saturated carbocycles. The number of carbonyl (C=O) groups is 1. The van der Waals surface area contributed by atoms with Crippen LogP contribution < -0.4 is 4.74 Å². The fraction of sp³-hybridized carbons (Fsp3) is 0.667. The molecule has 1 aromatic carbocycles. The van der Waals surface area contributed by atoms with Gasteiger partial charge in [-0.1, -0.05) is 26.0 Å². The quantitative estimate of drug-likeness (QED) is 0.797. The molecule has 1 amide bonds. The van der Waals surface area contributed by atoms with E-state index in [2.05, 4.69) is 13.8 Å². The molecule has 1 aromatic rings. The van der Waals surface area contributed by atoms with E-state index in [1.54, 1.807) is 7.11 Å². The number of nitrogens with zero attached hydrogens (tertiary/aromatic N) is 1. The van der Waals surface area contributed by atoms with E-state index in [9.17, 15) is 13.2 Å². The second-order valence-corrected chi connectivity index (χ2v) is 11.3. The number of fused-ring (bicyclic) bond motifs is 1. The van der Waals surface area contributed by atoms with Gasteiger partial charge in [0.25, 0.3) is 0 Å². The van der Waals surface area contributed by atoms with Crippen LogP contribution in [0.25, 0.3) is 0 Å². The molecule has 0 radical (unpaired) electrons. The first-order valence-electron chi connectivity index (χ1n) is 9.91. The Morgan fingerprint density at radius 1 is 1.19 bits per heavy atom. The van der Waals surface area contributed by atoms with Crippen LogP contribution in [0.1, 0.15) is 51.0 Å². The number of hydrogen-bond donors (Lipinski definition) is 0. The molecule has 0 aromatic heterocycles. The normalized spacial score (nSPS) is 40.0. The Hall–Kier alpha value is -1.56. The van der Waals surface area contributed by atoms with Gasteiger partial charge in [0.2, 0.25) is 15.9 Å². The molecule has 1 heterocycles. The number of hydrogen-bond acceptors (Lipinski definition) is 4. The van der Waals surface area contributed by atoms with E-state index in [4.69, 9.17) is 4.74 Å². The second-order valence-electron chi connectivity index (χ2n) is 9.48. The lowest BCUT2D eigenvalue weighted by Crippen LogP contribution is -2.44. The standard InChI is InChI=1S/C21H27NO4S/c1-20(2)14-8-9-21(20)12-27(24,25)22(18(21)10-14)19(23)17-11-16(17)13-4-6-15(26-3)7-5-13/h4-7,14,16-18H,8-12H2,1-3H3/t14-,16-,17+,18+,21-/m0/s1. The lowest BCUT2D eigenvalue weighted by molar-refractivity contribution is -0.130. The van der Waals surface area contributed by atoms with Crippen LogP contribution in [-0.2, 0) is 14.8 Å². The molecule has 1 spiro atoms. The van der Waals surface area contributed by atoms with E-state index in [1.165, 1.54) is 4.31 Å². The van der Waals surface area contributed by atoms with Crippen molar-refractivity contribution in [1.82, 2.24) is 4.31 Å². The van der Waals surface area contributed by atoms with Crippen LogP contribution in [0.15, 0.2) is 24.3 Å². The maximum absolute atomic E-state index is 13.3.